The molecule has 0 unspecified atom stereocenters. The highest BCUT2D eigenvalue weighted by Crippen LogP contribution is 2.37. The SMILES string of the molecule is CCNC1(CC(=O)OC)CC(OCC)C1. The monoisotopic (exact) mass is 215 g/mol. The second-order valence-electron chi connectivity index (χ2n) is 4.05. The minimum atomic E-state index is -0.147. The van der Waals surface area contributed by atoms with Crippen molar-refractivity contribution in [3.63, 3.8) is 0 Å². The second kappa shape index (κ2) is 5.47. The summed E-state index contributed by atoms with van der Waals surface area (Å²) in [5.74, 6) is -0.147. The van der Waals surface area contributed by atoms with Crippen molar-refractivity contribution in [2.75, 3.05) is 20.3 Å². The van der Waals surface area contributed by atoms with Crippen LogP contribution >= 0.6 is 0 Å². The maximum Gasteiger partial charge on any atom is 0.307 e. The lowest BCUT2D eigenvalue weighted by atomic mass is 9.72. The van der Waals surface area contributed by atoms with Crippen molar-refractivity contribution in [3.8, 4) is 0 Å². The van der Waals surface area contributed by atoms with E-state index < -0.39 is 0 Å². The van der Waals surface area contributed by atoms with Gasteiger partial charge >= 0.3 is 5.97 Å². The molecule has 1 aliphatic rings. The van der Waals surface area contributed by atoms with Crippen LogP contribution in [0, 0.1) is 0 Å². The molecule has 15 heavy (non-hydrogen) atoms. The van der Waals surface area contributed by atoms with Gasteiger partial charge in [-0.15, -0.1) is 0 Å². The highest BCUT2D eigenvalue weighted by atomic mass is 16.5. The summed E-state index contributed by atoms with van der Waals surface area (Å²) in [5, 5.41) is 3.37. The Morgan fingerprint density at radius 1 is 1.47 bits per heavy atom. The smallest absolute Gasteiger partial charge is 0.307 e. The first-order chi connectivity index (χ1) is 7.15. The third-order valence-corrected chi connectivity index (χ3v) is 2.90. The predicted octanol–water partition coefficient (Wildman–Crippen LogP) is 1.10. The molecule has 0 aliphatic heterocycles. The fourth-order valence-electron chi connectivity index (χ4n) is 2.24. The lowest BCUT2D eigenvalue weighted by Crippen LogP contribution is -2.59. The Kier molecular flexibility index (Phi) is 4.54. The van der Waals surface area contributed by atoms with Crippen LogP contribution in [0.2, 0.25) is 0 Å². The molecule has 0 atom stereocenters. The average molecular weight is 215 g/mol. The normalized spacial score (nSPS) is 29.7. The first-order valence-corrected chi connectivity index (χ1v) is 5.59. The summed E-state index contributed by atoms with van der Waals surface area (Å²) < 4.78 is 10.2. The Morgan fingerprint density at radius 2 is 2.13 bits per heavy atom. The predicted molar refractivity (Wildman–Crippen MR) is 57.7 cm³/mol. The summed E-state index contributed by atoms with van der Waals surface area (Å²) in [5.41, 5.74) is -0.0817. The number of hydrogen-bond donors (Lipinski definition) is 1. The van der Waals surface area contributed by atoms with Crippen LogP contribution in [0.15, 0.2) is 0 Å². The molecule has 1 aliphatic carbocycles. The highest BCUT2D eigenvalue weighted by Gasteiger charge is 2.45. The van der Waals surface area contributed by atoms with Gasteiger partial charge in [-0.2, -0.15) is 0 Å². The third-order valence-electron chi connectivity index (χ3n) is 2.90. The first kappa shape index (κ1) is 12.5. The number of carbonyl (C=O) groups is 1. The lowest BCUT2D eigenvalue weighted by molar-refractivity contribution is -0.146. The zero-order chi connectivity index (χ0) is 11.3. The Labute approximate surface area is 91.3 Å². The summed E-state index contributed by atoms with van der Waals surface area (Å²) in [6.45, 7) is 5.65. The van der Waals surface area contributed by atoms with Crippen molar-refractivity contribution >= 4 is 5.97 Å². The molecule has 0 aromatic carbocycles. The zero-order valence-corrected chi connectivity index (χ0v) is 9.84. The van der Waals surface area contributed by atoms with Gasteiger partial charge in [-0.25, -0.2) is 0 Å². The molecule has 1 rings (SSSR count). The number of hydrogen-bond acceptors (Lipinski definition) is 4. The number of esters is 1. The van der Waals surface area contributed by atoms with Crippen LogP contribution in [0.25, 0.3) is 0 Å². The Bertz CT molecular complexity index is 212. The van der Waals surface area contributed by atoms with Crippen LogP contribution in [0.3, 0.4) is 0 Å². The molecule has 0 radical (unpaired) electrons. The Balaban J connectivity index is 2.41. The molecule has 4 heteroatoms. The van der Waals surface area contributed by atoms with Gasteiger partial charge in [-0.3, -0.25) is 4.79 Å². The summed E-state index contributed by atoms with van der Waals surface area (Å²) in [6.07, 6.45) is 2.56. The topological polar surface area (TPSA) is 47.6 Å². The molecule has 88 valence electrons. The molecule has 0 bridgehead atoms. The Hall–Kier alpha value is -0.610. The van der Waals surface area contributed by atoms with E-state index in [0.29, 0.717) is 12.5 Å². The zero-order valence-electron chi connectivity index (χ0n) is 9.84. The fraction of sp³-hybridized carbons (Fsp3) is 0.909. The highest BCUT2D eigenvalue weighted by molar-refractivity contribution is 5.71. The van der Waals surface area contributed by atoms with Crippen LogP contribution in [0.4, 0.5) is 0 Å². The second-order valence-corrected chi connectivity index (χ2v) is 4.05. The molecular weight excluding hydrogens is 194 g/mol. The van der Waals surface area contributed by atoms with Crippen LogP contribution in [0.5, 0.6) is 0 Å². The van der Waals surface area contributed by atoms with Crippen LogP contribution in [-0.2, 0) is 14.3 Å². The minimum Gasteiger partial charge on any atom is -0.469 e. The third kappa shape index (κ3) is 3.18. The van der Waals surface area contributed by atoms with E-state index in [1.165, 1.54) is 7.11 Å². The molecule has 0 spiro atoms. The lowest BCUT2D eigenvalue weighted by Gasteiger charge is -2.47. The van der Waals surface area contributed by atoms with Gasteiger partial charge in [0.05, 0.1) is 19.6 Å². The molecular formula is C11H21NO3. The molecule has 0 aromatic rings. The van der Waals surface area contributed by atoms with Gasteiger partial charge in [0.15, 0.2) is 0 Å². The van der Waals surface area contributed by atoms with E-state index in [0.717, 1.165) is 26.0 Å². The van der Waals surface area contributed by atoms with Gasteiger partial charge in [0.25, 0.3) is 0 Å². The molecule has 1 N–H and O–H groups in total. The van der Waals surface area contributed by atoms with Gasteiger partial charge < -0.3 is 14.8 Å². The van der Waals surface area contributed by atoms with E-state index in [1.807, 2.05) is 13.8 Å². The van der Waals surface area contributed by atoms with Crippen molar-refractivity contribution in [3.05, 3.63) is 0 Å². The van der Waals surface area contributed by atoms with E-state index in [9.17, 15) is 4.79 Å². The first-order valence-electron chi connectivity index (χ1n) is 5.59. The van der Waals surface area contributed by atoms with Crippen molar-refractivity contribution in [1.29, 1.82) is 0 Å². The molecule has 1 saturated carbocycles. The van der Waals surface area contributed by atoms with Crippen molar-refractivity contribution in [1.82, 2.24) is 5.32 Å². The van der Waals surface area contributed by atoms with Crippen molar-refractivity contribution < 1.29 is 14.3 Å². The van der Waals surface area contributed by atoms with E-state index in [2.05, 4.69) is 5.32 Å². The minimum absolute atomic E-state index is 0.0817. The molecule has 4 nitrogen and oxygen atoms in total. The summed E-state index contributed by atoms with van der Waals surface area (Å²) >= 11 is 0. The number of ether oxygens (including phenoxy) is 2. The van der Waals surface area contributed by atoms with Gasteiger partial charge in [0.1, 0.15) is 0 Å². The number of methoxy groups -OCH3 is 1. The molecule has 0 saturated heterocycles. The van der Waals surface area contributed by atoms with Crippen LogP contribution in [0.1, 0.15) is 33.1 Å². The Morgan fingerprint density at radius 3 is 2.60 bits per heavy atom. The van der Waals surface area contributed by atoms with Gasteiger partial charge in [0.2, 0.25) is 0 Å². The maximum atomic E-state index is 11.3. The molecule has 0 aromatic heterocycles. The fourth-order valence-corrected chi connectivity index (χ4v) is 2.24. The number of carbonyl (C=O) groups excluding carboxylic acids is 1. The van der Waals surface area contributed by atoms with Crippen LogP contribution < -0.4 is 5.32 Å². The van der Waals surface area contributed by atoms with Crippen molar-refractivity contribution in [2.24, 2.45) is 0 Å². The summed E-state index contributed by atoms with van der Waals surface area (Å²) in [7, 11) is 1.43. The van der Waals surface area contributed by atoms with Gasteiger partial charge in [0, 0.05) is 12.1 Å². The average Bonchev–Trinajstić information content (AvgIpc) is 2.16. The summed E-state index contributed by atoms with van der Waals surface area (Å²) in [6, 6.07) is 0. The molecule has 0 amide bonds. The van der Waals surface area contributed by atoms with Gasteiger partial charge in [-0.05, 0) is 26.3 Å². The van der Waals surface area contributed by atoms with Crippen LogP contribution in [-0.4, -0.2) is 37.9 Å². The van der Waals surface area contributed by atoms with E-state index >= 15 is 0 Å². The summed E-state index contributed by atoms with van der Waals surface area (Å²) in [4.78, 5) is 11.3. The maximum absolute atomic E-state index is 11.3. The van der Waals surface area contributed by atoms with Gasteiger partial charge in [-0.1, -0.05) is 6.92 Å². The van der Waals surface area contributed by atoms with E-state index in [-0.39, 0.29) is 11.5 Å². The quantitative estimate of drug-likeness (QED) is 0.674. The van der Waals surface area contributed by atoms with Crippen molar-refractivity contribution in [2.45, 2.75) is 44.8 Å². The number of rotatable bonds is 6. The molecule has 1 fully saturated rings. The standard InChI is InChI=1S/C11H21NO3/c1-4-12-11(8-10(13)14-3)6-9(7-11)15-5-2/h9,12H,4-8H2,1-3H3. The van der Waals surface area contributed by atoms with E-state index in [1.54, 1.807) is 0 Å². The number of nitrogens with one attached hydrogen (secondary N) is 1. The van der Waals surface area contributed by atoms with E-state index in [4.69, 9.17) is 9.47 Å². The largest absolute Gasteiger partial charge is 0.469 e. The molecule has 0 heterocycles.